The van der Waals surface area contributed by atoms with Gasteiger partial charge in [-0.2, -0.15) is 0 Å². The van der Waals surface area contributed by atoms with Crippen LogP contribution in [0.5, 0.6) is 0 Å². The van der Waals surface area contributed by atoms with Crippen molar-refractivity contribution in [1.82, 2.24) is 4.90 Å². The molecule has 7 heteroatoms. The molecule has 1 aliphatic heterocycles. The van der Waals surface area contributed by atoms with Crippen molar-refractivity contribution in [3.63, 3.8) is 0 Å². The molecule has 0 aromatic heterocycles. The van der Waals surface area contributed by atoms with Crippen molar-refractivity contribution in [2.75, 3.05) is 18.8 Å². The molecule has 2 unspecified atom stereocenters. The maximum absolute atomic E-state index is 11.6. The Morgan fingerprint density at radius 2 is 2.06 bits per heavy atom. The van der Waals surface area contributed by atoms with E-state index in [4.69, 9.17) is 5.11 Å². The molecule has 0 saturated carbocycles. The van der Waals surface area contributed by atoms with Gasteiger partial charge in [0.25, 0.3) is 0 Å². The summed E-state index contributed by atoms with van der Waals surface area (Å²) in [6, 6.07) is -0.771. The summed E-state index contributed by atoms with van der Waals surface area (Å²) in [5.41, 5.74) is 0. The number of carbonyl (C=O) groups is 1. The molecule has 0 aliphatic carbocycles. The van der Waals surface area contributed by atoms with E-state index in [1.165, 1.54) is 4.90 Å². The molecule has 0 spiro atoms. The first-order valence-electron chi connectivity index (χ1n) is 5.60. The summed E-state index contributed by atoms with van der Waals surface area (Å²) in [4.78, 5) is 12.4. The summed E-state index contributed by atoms with van der Waals surface area (Å²) in [5, 5.41) is 17.9. The van der Waals surface area contributed by atoms with E-state index in [0.29, 0.717) is 0 Å². The lowest BCUT2D eigenvalue weighted by atomic mass is 10.2. The zero-order valence-corrected chi connectivity index (χ0v) is 10.9. The summed E-state index contributed by atoms with van der Waals surface area (Å²) in [7, 11) is -3.17. The number of aliphatic hydroxyl groups is 1. The van der Waals surface area contributed by atoms with Crippen LogP contribution in [-0.2, 0) is 14.6 Å². The Bertz CT molecular complexity index is 378. The number of carboxylic acids is 1. The quantitative estimate of drug-likeness (QED) is 0.684. The van der Waals surface area contributed by atoms with Crippen LogP contribution in [0.15, 0.2) is 0 Å². The average molecular weight is 265 g/mol. The highest BCUT2D eigenvalue weighted by atomic mass is 32.2. The van der Waals surface area contributed by atoms with Crippen LogP contribution >= 0.6 is 0 Å². The number of rotatable bonds is 5. The number of carboxylic acid groups (broad SMARTS) is 1. The molecule has 1 heterocycles. The summed E-state index contributed by atoms with van der Waals surface area (Å²) in [6.45, 7) is 3.59. The van der Waals surface area contributed by atoms with Gasteiger partial charge in [0, 0.05) is 19.5 Å². The van der Waals surface area contributed by atoms with Gasteiger partial charge in [0.05, 0.1) is 17.1 Å². The minimum atomic E-state index is -3.17. The van der Waals surface area contributed by atoms with E-state index >= 15 is 0 Å². The van der Waals surface area contributed by atoms with E-state index in [9.17, 15) is 18.3 Å². The van der Waals surface area contributed by atoms with Crippen LogP contribution in [0.4, 0.5) is 0 Å². The van der Waals surface area contributed by atoms with E-state index in [1.54, 1.807) is 13.8 Å². The van der Waals surface area contributed by atoms with Gasteiger partial charge in [0.15, 0.2) is 9.84 Å². The Hall–Kier alpha value is -0.660. The molecule has 1 rings (SSSR count). The van der Waals surface area contributed by atoms with Gasteiger partial charge in [0.2, 0.25) is 0 Å². The van der Waals surface area contributed by atoms with Gasteiger partial charge in [-0.3, -0.25) is 9.69 Å². The van der Waals surface area contributed by atoms with Gasteiger partial charge < -0.3 is 10.2 Å². The van der Waals surface area contributed by atoms with E-state index in [-0.39, 0.29) is 25.3 Å². The zero-order chi connectivity index (χ0) is 13.2. The summed E-state index contributed by atoms with van der Waals surface area (Å²) < 4.78 is 23.2. The molecule has 1 fully saturated rings. The van der Waals surface area contributed by atoms with E-state index in [1.807, 2.05) is 0 Å². The first-order valence-corrected chi connectivity index (χ1v) is 7.32. The SMILES string of the molecule is CC(C)S(=O)(=O)CCN1CC(O)CC1C(=O)O. The molecule has 17 heavy (non-hydrogen) atoms. The number of aliphatic carboxylic acids is 1. The second-order valence-corrected chi connectivity index (χ2v) is 7.33. The maximum atomic E-state index is 11.6. The van der Waals surface area contributed by atoms with Crippen LogP contribution in [-0.4, -0.2) is 65.7 Å². The van der Waals surface area contributed by atoms with Crippen molar-refractivity contribution < 1.29 is 23.4 Å². The lowest BCUT2D eigenvalue weighted by Crippen LogP contribution is -2.39. The number of hydrogen-bond donors (Lipinski definition) is 2. The first kappa shape index (κ1) is 14.4. The van der Waals surface area contributed by atoms with Gasteiger partial charge in [-0.1, -0.05) is 0 Å². The molecule has 2 N–H and O–H groups in total. The lowest BCUT2D eigenvalue weighted by Gasteiger charge is -2.21. The standard InChI is InChI=1S/C10H19NO5S/c1-7(2)17(15,16)4-3-11-6-8(12)5-9(11)10(13)14/h7-9,12H,3-6H2,1-2H3,(H,13,14). The van der Waals surface area contributed by atoms with E-state index in [0.717, 1.165) is 0 Å². The van der Waals surface area contributed by atoms with E-state index in [2.05, 4.69) is 0 Å². The summed E-state index contributed by atoms with van der Waals surface area (Å²) in [5.74, 6) is -1.08. The van der Waals surface area contributed by atoms with Crippen molar-refractivity contribution in [1.29, 1.82) is 0 Å². The van der Waals surface area contributed by atoms with Gasteiger partial charge in [-0.05, 0) is 13.8 Å². The second kappa shape index (κ2) is 5.32. The Morgan fingerprint density at radius 1 is 1.47 bits per heavy atom. The van der Waals surface area contributed by atoms with Gasteiger partial charge in [-0.15, -0.1) is 0 Å². The molecule has 100 valence electrons. The monoisotopic (exact) mass is 265 g/mol. The van der Waals surface area contributed by atoms with Crippen molar-refractivity contribution in [2.45, 2.75) is 37.7 Å². The third-order valence-corrected chi connectivity index (χ3v) is 5.24. The normalized spacial score (nSPS) is 26.6. The fourth-order valence-corrected chi connectivity index (χ4v) is 2.82. The largest absolute Gasteiger partial charge is 0.480 e. The molecule has 1 saturated heterocycles. The third-order valence-electron chi connectivity index (χ3n) is 3.05. The molecule has 0 aromatic carbocycles. The highest BCUT2D eigenvalue weighted by Crippen LogP contribution is 2.18. The van der Waals surface area contributed by atoms with Gasteiger partial charge in [0.1, 0.15) is 6.04 Å². The van der Waals surface area contributed by atoms with Crippen molar-refractivity contribution in [2.24, 2.45) is 0 Å². The highest BCUT2D eigenvalue weighted by molar-refractivity contribution is 7.92. The smallest absolute Gasteiger partial charge is 0.321 e. The number of β-amino-alcohol motifs (C(OH)–C–C–N with tert-alkyl or cyclic N) is 1. The van der Waals surface area contributed by atoms with Crippen molar-refractivity contribution in [3.05, 3.63) is 0 Å². The van der Waals surface area contributed by atoms with Crippen molar-refractivity contribution >= 4 is 15.8 Å². The number of nitrogens with zero attached hydrogens (tertiary/aromatic N) is 1. The molecule has 0 amide bonds. The molecule has 2 atom stereocenters. The Balaban J connectivity index is 2.60. The number of aliphatic hydroxyl groups excluding tert-OH is 1. The lowest BCUT2D eigenvalue weighted by molar-refractivity contribution is -0.142. The Morgan fingerprint density at radius 3 is 2.53 bits per heavy atom. The minimum absolute atomic E-state index is 0.0683. The topological polar surface area (TPSA) is 94.9 Å². The molecule has 0 aromatic rings. The second-order valence-electron chi connectivity index (χ2n) is 4.65. The predicted molar refractivity (Wildman–Crippen MR) is 62.5 cm³/mol. The fourth-order valence-electron chi connectivity index (χ4n) is 1.86. The van der Waals surface area contributed by atoms with Crippen LogP contribution < -0.4 is 0 Å². The summed E-state index contributed by atoms with van der Waals surface area (Å²) >= 11 is 0. The van der Waals surface area contributed by atoms with Crippen LogP contribution in [0.25, 0.3) is 0 Å². The molecule has 1 aliphatic rings. The highest BCUT2D eigenvalue weighted by Gasteiger charge is 2.36. The van der Waals surface area contributed by atoms with Gasteiger partial charge in [-0.25, -0.2) is 8.42 Å². The van der Waals surface area contributed by atoms with Crippen LogP contribution in [0, 0.1) is 0 Å². The fraction of sp³-hybridized carbons (Fsp3) is 0.900. The molecular formula is C10H19NO5S. The first-order chi connectivity index (χ1) is 7.74. The third kappa shape index (κ3) is 3.65. The Labute approximate surface area is 101 Å². The van der Waals surface area contributed by atoms with Crippen LogP contribution in [0.3, 0.4) is 0 Å². The number of hydrogen-bond acceptors (Lipinski definition) is 5. The maximum Gasteiger partial charge on any atom is 0.321 e. The number of sulfone groups is 1. The Kier molecular flexibility index (Phi) is 4.51. The molecule has 0 radical (unpaired) electrons. The van der Waals surface area contributed by atoms with Crippen LogP contribution in [0.1, 0.15) is 20.3 Å². The minimum Gasteiger partial charge on any atom is -0.480 e. The molecule has 6 nitrogen and oxygen atoms in total. The molecule has 0 bridgehead atoms. The van der Waals surface area contributed by atoms with E-state index < -0.39 is 33.2 Å². The number of likely N-dealkylation sites (tertiary alicyclic amines) is 1. The van der Waals surface area contributed by atoms with Crippen LogP contribution in [0.2, 0.25) is 0 Å². The van der Waals surface area contributed by atoms with Crippen molar-refractivity contribution in [3.8, 4) is 0 Å². The average Bonchev–Trinajstić information content (AvgIpc) is 2.56. The zero-order valence-electron chi connectivity index (χ0n) is 10.0. The predicted octanol–water partition coefficient (Wildman–Crippen LogP) is -0.671. The summed E-state index contributed by atoms with van der Waals surface area (Å²) in [6.07, 6.45) is -0.519. The molecular weight excluding hydrogens is 246 g/mol. The van der Waals surface area contributed by atoms with Gasteiger partial charge >= 0.3 is 5.97 Å².